The first-order chi connectivity index (χ1) is 22.8. The van der Waals surface area contributed by atoms with Crippen molar-refractivity contribution in [1.82, 2.24) is 0 Å². The Hall–Kier alpha value is -4.20. The molecule has 0 N–H and O–H groups in total. The highest BCUT2D eigenvalue weighted by Gasteiger charge is 2.82. The highest BCUT2D eigenvalue weighted by molar-refractivity contribution is 6.54. The van der Waals surface area contributed by atoms with Crippen molar-refractivity contribution in [3.05, 3.63) is 155 Å². The first-order valence-corrected chi connectivity index (χ1v) is 16.3. The van der Waals surface area contributed by atoms with Crippen molar-refractivity contribution in [2.75, 3.05) is 6.61 Å². The van der Waals surface area contributed by atoms with Crippen LogP contribution in [0.2, 0.25) is 0 Å². The lowest BCUT2D eigenvalue weighted by Crippen LogP contribution is -2.77. The minimum Gasteiger partial charge on any atom is -0.356 e. The molecule has 244 valence electrons. The third kappa shape index (κ3) is 5.10. The maximum absolute atomic E-state index is 15.5. The molecule has 4 aromatic rings. The van der Waals surface area contributed by atoms with Crippen molar-refractivity contribution in [3.63, 3.8) is 0 Å². The fourth-order valence-corrected chi connectivity index (χ4v) is 8.07. The van der Waals surface area contributed by atoms with E-state index in [-0.39, 0.29) is 28.9 Å². The molecule has 0 bridgehead atoms. The number of allylic oxidation sites excluding steroid dienone is 1. The van der Waals surface area contributed by atoms with Gasteiger partial charge in [0.2, 0.25) is 0 Å². The first-order valence-electron chi connectivity index (χ1n) is 15.2. The van der Waals surface area contributed by atoms with Crippen molar-refractivity contribution < 1.29 is 28.7 Å². The number of carbonyl (C=O) groups excluding carboxylic acids is 5. The predicted octanol–water partition coefficient (Wildman–Crippen LogP) is 8.35. The zero-order valence-corrected chi connectivity index (χ0v) is 28.6. The number of hydrogen-bond donors (Lipinski definition) is 0. The van der Waals surface area contributed by atoms with Crippen LogP contribution in [0.25, 0.3) is 0 Å². The molecule has 9 heteroatoms. The molecule has 1 aliphatic carbocycles. The van der Waals surface area contributed by atoms with Crippen molar-refractivity contribution in [2.24, 2.45) is 5.41 Å². The monoisotopic (exact) mass is 700 g/mol. The molecule has 48 heavy (non-hydrogen) atoms. The number of alkyl halides is 3. The fraction of sp³-hybridized carbons (Fsp3) is 0.205. The molecule has 0 aliphatic heterocycles. The van der Waals surface area contributed by atoms with Crippen LogP contribution in [-0.4, -0.2) is 50.3 Å². The van der Waals surface area contributed by atoms with Crippen LogP contribution in [0.4, 0.5) is 0 Å². The van der Waals surface area contributed by atoms with Crippen LogP contribution in [0.15, 0.2) is 132 Å². The maximum Gasteiger partial charge on any atom is 0.194 e. The molecule has 0 saturated heterocycles. The van der Waals surface area contributed by atoms with Crippen LogP contribution in [0.3, 0.4) is 0 Å². The van der Waals surface area contributed by atoms with Crippen molar-refractivity contribution >= 4 is 63.7 Å². The van der Waals surface area contributed by atoms with E-state index in [2.05, 4.69) is 0 Å². The Morgan fingerprint density at radius 3 is 1.23 bits per heavy atom. The van der Waals surface area contributed by atoms with Crippen LogP contribution in [0, 0.1) is 5.41 Å². The summed E-state index contributed by atoms with van der Waals surface area (Å²) < 4.78 is 6.22. The van der Waals surface area contributed by atoms with Gasteiger partial charge in [-0.05, 0) is 20.8 Å². The topological polar surface area (TPSA) is 94.6 Å². The summed E-state index contributed by atoms with van der Waals surface area (Å²) in [6.07, 6.45) is 0. The second kappa shape index (κ2) is 13.4. The standard InChI is InChI=1S/C39H31Cl3O6/c1-4-48-39(42)37(34(46)28-21-13-7-14-22-28,35(47)29-23-15-8-16-24-29)31(33(45)27-19-11-6-12-20-27)30(32(44)26-17-9-5-10-18-26)36(3,40)38(39,41)25(2)43/h5-24H,4H2,1-3H3. The van der Waals surface area contributed by atoms with Gasteiger partial charge in [-0.15, -0.1) is 23.2 Å². The zero-order valence-electron chi connectivity index (χ0n) is 26.3. The molecule has 5 rings (SSSR count). The van der Waals surface area contributed by atoms with Crippen LogP contribution in [0.5, 0.6) is 0 Å². The van der Waals surface area contributed by atoms with E-state index in [1.165, 1.54) is 62.4 Å². The van der Waals surface area contributed by atoms with Gasteiger partial charge in [0.25, 0.3) is 0 Å². The molecule has 4 aromatic carbocycles. The zero-order chi connectivity index (χ0) is 34.9. The predicted molar refractivity (Wildman–Crippen MR) is 186 cm³/mol. The number of hydrogen-bond acceptors (Lipinski definition) is 6. The number of ether oxygens (including phenoxy) is 1. The minimum absolute atomic E-state index is 0.0184. The Morgan fingerprint density at radius 1 is 0.562 bits per heavy atom. The Kier molecular flexibility index (Phi) is 9.78. The summed E-state index contributed by atoms with van der Waals surface area (Å²) in [7, 11) is 0. The van der Waals surface area contributed by atoms with E-state index in [9.17, 15) is 9.59 Å². The lowest BCUT2D eigenvalue weighted by atomic mass is 9.51. The average molecular weight is 702 g/mol. The summed E-state index contributed by atoms with van der Waals surface area (Å²) in [5, 5.41) is -2.88. The van der Waals surface area contributed by atoms with Gasteiger partial charge in [-0.2, -0.15) is 0 Å². The molecule has 0 saturated carbocycles. The Bertz CT molecular complexity index is 1870. The molecule has 6 nitrogen and oxygen atoms in total. The van der Waals surface area contributed by atoms with Gasteiger partial charge in [0.1, 0.15) is 4.87 Å². The molecular formula is C39H31Cl3O6. The highest BCUT2D eigenvalue weighted by atomic mass is 35.5. The largest absolute Gasteiger partial charge is 0.356 e. The number of benzene rings is 4. The lowest BCUT2D eigenvalue weighted by Gasteiger charge is -2.59. The first kappa shape index (κ1) is 35.1. The molecule has 3 atom stereocenters. The van der Waals surface area contributed by atoms with Crippen molar-refractivity contribution in [3.8, 4) is 0 Å². The van der Waals surface area contributed by atoms with E-state index in [4.69, 9.17) is 39.5 Å². The van der Waals surface area contributed by atoms with E-state index >= 15 is 14.4 Å². The van der Waals surface area contributed by atoms with Crippen LogP contribution >= 0.6 is 34.8 Å². The van der Waals surface area contributed by atoms with E-state index in [0.717, 1.165) is 6.92 Å². The second-order valence-corrected chi connectivity index (χ2v) is 13.4. The Balaban J connectivity index is 2.14. The molecule has 0 spiro atoms. The molecule has 0 fully saturated rings. The minimum atomic E-state index is -2.96. The number of carbonyl (C=O) groups is 5. The van der Waals surface area contributed by atoms with Gasteiger partial charge in [-0.1, -0.05) is 133 Å². The van der Waals surface area contributed by atoms with Crippen molar-refractivity contribution in [2.45, 2.75) is 35.6 Å². The molecular weight excluding hydrogens is 671 g/mol. The average Bonchev–Trinajstić information content (AvgIpc) is 3.11. The number of ketones is 5. The summed E-state index contributed by atoms with van der Waals surface area (Å²) in [5.41, 5.74) is -4.16. The SMILES string of the molecule is CCOC1(Cl)C(C(=O)c2ccccc2)(C(=O)c2ccccc2)C(C(=O)c2ccccc2)=C(C(=O)c2ccccc2)C(C)(Cl)C1(Cl)C(C)=O. The quantitative estimate of drug-likeness (QED) is 0.0887. The van der Waals surface area contributed by atoms with Gasteiger partial charge >= 0.3 is 0 Å². The van der Waals surface area contributed by atoms with E-state index < -0.39 is 60.3 Å². The molecule has 0 amide bonds. The number of rotatable bonds is 11. The molecule has 0 heterocycles. The molecule has 1 aliphatic rings. The van der Waals surface area contributed by atoms with Gasteiger partial charge in [-0.25, -0.2) is 0 Å². The summed E-state index contributed by atoms with van der Waals surface area (Å²) >= 11 is 22.4. The summed E-state index contributed by atoms with van der Waals surface area (Å²) in [6, 6.07) is 31.0. The Morgan fingerprint density at radius 2 is 0.896 bits per heavy atom. The summed E-state index contributed by atoms with van der Waals surface area (Å²) in [5.74, 6) is -4.67. The molecule has 3 unspecified atom stereocenters. The van der Waals surface area contributed by atoms with Gasteiger partial charge in [0, 0.05) is 40.0 Å². The van der Waals surface area contributed by atoms with Crippen molar-refractivity contribution in [1.29, 1.82) is 0 Å². The van der Waals surface area contributed by atoms with Crippen LogP contribution < -0.4 is 0 Å². The summed E-state index contributed by atoms with van der Waals surface area (Å²) in [6.45, 7) is 3.62. The Labute approximate surface area is 293 Å². The fourth-order valence-electron chi connectivity index (χ4n) is 6.59. The van der Waals surface area contributed by atoms with Gasteiger partial charge in [-0.3, -0.25) is 24.0 Å². The number of Topliss-reactive ketones (excluding diaryl/α,β-unsaturated/α-hetero) is 5. The molecule has 0 radical (unpaired) electrons. The third-order valence-electron chi connectivity index (χ3n) is 8.77. The lowest BCUT2D eigenvalue weighted by molar-refractivity contribution is -0.132. The smallest absolute Gasteiger partial charge is 0.194 e. The molecule has 0 aromatic heterocycles. The summed E-state index contributed by atoms with van der Waals surface area (Å²) in [4.78, 5) is 70.1. The maximum atomic E-state index is 15.5. The second-order valence-electron chi connectivity index (χ2n) is 11.5. The van der Waals surface area contributed by atoms with Gasteiger partial charge in [0.05, 0.1) is 0 Å². The van der Waals surface area contributed by atoms with E-state index in [1.807, 2.05) is 0 Å². The van der Waals surface area contributed by atoms with Gasteiger partial charge in [0.15, 0.2) is 44.3 Å². The third-order valence-corrected chi connectivity index (χ3v) is 11.0. The van der Waals surface area contributed by atoms with Crippen LogP contribution in [0.1, 0.15) is 62.2 Å². The number of halogens is 3. The normalized spacial score (nSPS) is 23.3. The van der Waals surface area contributed by atoms with Crippen LogP contribution in [-0.2, 0) is 9.53 Å². The van der Waals surface area contributed by atoms with Gasteiger partial charge < -0.3 is 4.74 Å². The highest BCUT2D eigenvalue weighted by Crippen LogP contribution is 2.67. The van der Waals surface area contributed by atoms with E-state index in [0.29, 0.717) is 0 Å². The van der Waals surface area contributed by atoms with E-state index in [1.54, 1.807) is 72.8 Å².